The summed E-state index contributed by atoms with van der Waals surface area (Å²) in [6.07, 6.45) is 1.90. The molecule has 0 radical (unpaired) electrons. The SMILES string of the molecule is Cn1cc2ccc(C#C[C@]3(CNCl)NC(=O)NC3=O)cc2n1. The number of rotatable bonds is 2. The van der Waals surface area contributed by atoms with E-state index in [1.807, 2.05) is 31.4 Å². The molecule has 112 valence electrons. The van der Waals surface area contributed by atoms with E-state index in [2.05, 4.69) is 32.4 Å². The number of imide groups is 1. The molecule has 1 aliphatic heterocycles. The van der Waals surface area contributed by atoms with Crippen molar-refractivity contribution in [2.24, 2.45) is 7.05 Å². The summed E-state index contributed by atoms with van der Waals surface area (Å²) in [5.74, 6) is 5.15. The molecule has 3 N–H and O–H groups in total. The minimum absolute atomic E-state index is 0.00897. The zero-order valence-corrected chi connectivity index (χ0v) is 12.4. The second-order valence-electron chi connectivity index (χ2n) is 4.95. The van der Waals surface area contributed by atoms with Crippen LogP contribution >= 0.6 is 11.8 Å². The Morgan fingerprint density at radius 3 is 2.95 bits per heavy atom. The van der Waals surface area contributed by atoms with Crippen molar-refractivity contribution in [1.82, 2.24) is 25.2 Å². The highest BCUT2D eigenvalue weighted by Gasteiger charge is 2.44. The number of halogens is 1. The van der Waals surface area contributed by atoms with Gasteiger partial charge in [0.25, 0.3) is 5.91 Å². The Labute approximate surface area is 131 Å². The van der Waals surface area contributed by atoms with Crippen molar-refractivity contribution in [1.29, 1.82) is 0 Å². The van der Waals surface area contributed by atoms with E-state index in [1.165, 1.54) is 0 Å². The lowest BCUT2D eigenvalue weighted by Gasteiger charge is -2.17. The van der Waals surface area contributed by atoms with Gasteiger partial charge in [0.1, 0.15) is 0 Å². The zero-order chi connectivity index (χ0) is 15.7. The molecule has 3 amide bonds. The first-order valence-electron chi connectivity index (χ1n) is 6.46. The number of carbonyl (C=O) groups is 2. The quantitative estimate of drug-likeness (QED) is 0.421. The van der Waals surface area contributed by atoms with Crippen LogP contribution in [0.3, 0.4) is 0 Å². The van der Waals surface area contributed by atoms with E-state index in [4.69, 9.17) is 11.8 Å². The van der Waals surface area contributed by atoms with Crippen LogP contribution in [0.15, 0.2) is 24.4 Å². The number of aryl methyl sites for hydroxylation is 1. The van der Waals surface area contributed by atoms with Crippen LogP contribution in [0.4, 0.5) is 4.79 Å². The Balaban J connectivity index is 1.97. The van der Waals surface area contributed by atoms with Crippen LogP contribution in [0.25, 0.3) is 10.9 Å². The first kappa shape index (κ1) is 14.4. The maximum Gasteiger partial charge on any atom is 0.323 e. The lowest BCUT2D eigenvalue weighted by Crippen LogP contribution is -2.51. The second-order valence-corrected chi connectivity index (χ2v) is 5.22. The van der Waals surface area contributed by atoms with Crippen molar-refractivity contribution >= 4 is 34.6 Å². The third-order valence-electron chi connectivity index (χ3n) is 3.32. The van der Waals surface area contributed by atoms with Gasteiger partial charge in [0.05, 0.1) is 12.1 Å². The van der Waals surface area contributed by atoms with Crippen LogP contribution in [0.5, 0.6) is 0 Å². The predicted octanol–water partition coefficient (Wildman–Crippen LogP) is 0.246. The smallest absolute Gasteiger partial charge is 0.312 e. The Bertz CT molecular complexity index is 835. The average molecular weight is 318 g/mol. The van der Waals surface area contributed by atoms with Crippen LogP contribution in [-0.4, -0.2) is 33.8 Å². The molecule has 8 heteroatoms. The van der Waals surface area contributed by atoms with Gasteiger partial charge < -0.3 is 5.32 Å². The Kier molecular flexibility index (Phi) is 3.48. The standard InChI is InChI=1S/C14H12ClN5O2/c1-20-7-10-3-2-9(6-11(10)19-20)4-5-14(8-16-15)12(21)17-13(22)18-14/h2-3,6-7,16H,8H2,1H3,(H2,17,18,21,22)/t14-/m1/s1. The zero-order valence-electron chi connectivity index (χ0n) is 11.6. The number of nitrogens with one attached hydrogen (secondary N) is 3. The molecule has 0 spiro atoms. The third-order valence-corrected chi connectivity index (χ3v) is 3.45. The van der Waals surface area contributed by atoms with Crippen LogP contribution in [0.1, 0.15) is 5.56 Å². The maximum atomic E-state index is 11.9. The van der Waals surface area contributed by atoms with Crippen molar-refractivity contribution in [3.05, 3.63) is 30.0 Å². The molecular weight excluding hydrogens is 306 g/mol. The highest BCUT2D eigenvalue weighted by atomic mass is 35.5. The summed E-state index contributed by atoms with van der Waals surface area (Å²) in [5, 5.41) is 9.94. The van der Waals surface area contributed by atoms with Gasteiger partial charge in [-0.1, -0.05) is 11.8 Å². The summed E-state index contributed by atoms with van der Waals surface area (Å²) in [6, 6.07) is 4.95. The number of hydrogen-bond acceptors (Lipinski definition) is 4. The fourth-order valence-electron chi connectivity index (χ4n) is 2.24. The van der Waals surface area contributed by atoms with Gasteiger partial charge in [-0.3, -0.25) is 14.8 Å². The summed E-state index contributed by atoms with van der Waals surface area (Å²) >= 11 is 5.48. The maximum absolute atomic E-state index is 11.9. The number of aromatic nitrogens is 2. The molecule has 22 heavy (non-hydrogen) atoms. The molecular formula is C14H12ClN5O2. The van der Waals surface area contributed by atoms with E-state index in [1.54, 1.807) is 4.68 Å². The number of urea groups is 1. The molecule has 2 heterocycles. The summed E-state index contributed by atoms with van der Waals surface area (Å²) in [7, 11) is 1.84. The van der Waals surface area contributed by atoms with Crippen LogP contribution < -0.4 is 15.5 Å². The van der Waals surface area contributed by atoms with Crippen LogP contribution in [0.2, 0.25) is 0 Å². The van der Waals surface area contributed by atoms with Gasteiger partial charge in [0, 0.05) is 24.2 Å². The van der Waals surface area contributed by atoms with E-state index in [9.17, 15) is 9.59 Å². The first-order chi connectivity index (χ1) is 10.5. The van der Waals surface area contributed by atoms with E-state index < -0.39 is 17.5 Å². The van der Waals surface area contributed by atoms with Crippen molar-refractivity contribution in [2.45, 2.75) is 5.54 Å². The fourth-order valence-corrected chi connectivity index (χ4v) is 2.45. The fraction of sp³-hybridized carbons (Fsp3) is 0.214. The first-order valence-corrected chi connectivity index (χ1v) is 6.84. The summed E-state index contributed by atoms with van der Waals surface area (Å²) in [5.41, 5.74) is 0.116. The van der Waals surface area contributed by atoms with E-state index in [0.29, 0.717) is 5.56 Å². The number of fused-ring (bicyclic) bond motifs is 1. The lowest BCUT2D eigenvalue weighted by molar-refractivity contribution is -0.121. The normalized spacial score (nSPS) is 20.5. The molecule has 2 aromatic rings. The Hall–Kier alpha value is -2.56. The Morgan fingerprint density at radius 1 is 1.45 bits per heavy atom. The van der Waals surface area contributed by atoms with Crippen molar-refractivity contribution in [2.75, 3.05) is 6.54 Å². The van der Waals surface area contributed by atoms with Crippen LogP contribution in [0, 0.1) is 11.8 Å². The van der Waals surface area contributed by atoms with Gasteiger partial charge in [-0.25, -0.2) is 9.63 Å². The molecule has 7 nitrogen and oxygen atoms in total. The molecule has 0 saturated carbocycles. The molecule has 1 saturated heterocycles. The number of nitrogens with zero attached hydrogens (tertiary/aromatic N) is 2. The monoisotopic (exact) mass is 317 g/mol. The van der Waals surface area contributed by atoms with Crippen molar-refractivity contribution < 1.29 is 9.59 Å². The minimum atomic E-state index is -1.38. The molecule has 1 atom stereocenters. The van der Waals surface area contributed by atoms with E-state index in [0.717, 1.165) is 10.9 Å². The predicted molar refractivity (Wildman–Crippen MR) is 80.9 cm³/mol. The number of carbonyl (C=O) groups excluding carboxylic acids is 2. The number of hydrogen-bond donors (Lipinski definition) is 3. The largest absolute Gasteiger partial charge is 0.323 e. The van der Waals surface area contributed by atoms with Gasteiger partial charge in [-0.15, -0.1) is 0 Å². The molecule has 0 unspecified atom stereocenters. The van der Waals surface area contributed by atoms with Gasteiger partial charge >= 0.3 is 6.03 Å². The number of benzene rings is 1. The highest BCUT2D eigenvalue weighted by molar-refractivity contribution is 6.14. The van der Waals surface area contributed by atoms with Crippen molar-refractivity contribution in [3.8, 4) is 11.8 Å². The van der Waals surface area contributed by atoms with Gasteiger partial charge in [-0.05, 0) is 30.0 Å². The minimum Gasteiger partial charge on any atom is -0.312 e. The van der Waals surface area contributed by atoms with Gasteiger partial charge in [-0.2, -0.15) is 5.10 Å². The van der Waals surface area contributed by atoms with E-state index in [-0.39, 0.29) is 6.54 Å². The van der Waals surface area contributed by atoms with Crippen LogP contribution in [-0.2, 0) is 11.8 Å². The molecule has 3 rings (SSSR count). The molecule has 1 aromatic carbocycles. The summed E-state index contributed by atoms with van der Waals surface area (Å²) in [4.78, 5) is 25.6. The topological polar surface area (TPSA) is 88.0 Å². The molecule has 1 fully saturated rings. The molecule has 1 aliphatic rings. The lowest BCUT2D eigenvalue weighted by atomic mass is 10.0. The van der Waals surface area contributed by atoms with E-state index >= 15 is 0 Å². The van der Waals surface area contributed by atoms with Gasteiger partial charge in [0.15, 0.2) is 5.54 Å². The summed E-state index contributed by atoms with van der Waals surface area (Å²) < 4.78 is 1.71. The molecule has 0 aliphatic carbocycles. The number of amides is 3. The van der Waals surface area contributed by atoms with Crippen molar-refractivity contribution in [3.63, 3.8) is 0 Å². The highest BCUT2D eigenvalue weighted by Crippen LogP contribution is 2.14. The molecule has 1 aromatic heterocycles. The van der Waals surface area contributed by atoms with Gasteiger partial charge in [0.2, 0.25) is 0 Å². The average Bonchev–Trinajstić information content (AvgIpc) is 2.96. The molecule has 0 bridgehead atoms. The second kappa shape index (κ2) is 5.33. The third kappa shape index (κ3) is 2.50. The summed E-state index contributed by atoms with van der Waals surface area (Å²) in [6.45, 7) is -0.00897. The Morgan fingerprint density at radius 2 is 2.27 bits per heavy atom.